The zero-order valence-electron chi connectivity index (χ0n) is 13.1. The fourth-order valence-corrected chi connectivity index (χ4v) is 3.44. The minimum atomic E-state index is -0.329. The zero-order valence-corrected chi connectivity index (χ0v) is 13.1. The van der Waals surface area contributed by atoms with Gasteiger partial charge >= 0.3 is 0 Å². The van der Waals surface area contributed by atoms with Crippen LogP contribution in [0.4, 0.5) is 10.1 Å². The van der Waals surface area contributed by atoms with E-state index in [1.165, 1.54) is 11.6 Å². The minimum Gasteiger partial charge on any atom is -0.362 e. The van der Waals surface area contributed by atoms with Crippen LogP contribution in [-0.4, -0.2) is 16.3 Å². The number of aromatic nitrogens is 2. The third-order valence-electron chi connectivity index (χ3n) is 4.54. The van der Waals surface area contributed by atoms with E-state index in [9.17, 15) is 4.39 Å². The number of benzene rings is 1. The Hall–Kier alpha value is -2.35. The summed E-state index contributed by atoms with van der Waals surface area (Å²) in [6.45, 7) is 4.89. The fourth-order valence-electron chi connectivity index (χ4n) is 3.44. The summed E-state index contributed by atoms with van der Waals surface area (Å²) in [6, 6.07) is 6.83. The quantitative estimate of drug-likeness (QED) is 0.853. The highest BCUT2D eigenvalue weighted by atomic mass is 19.1. The molecule has 3 rings (SSSR count). The number of anilines is 1. The molecule has 1 aliphatic heterocycles. The lowest BCUT2D eigenvalue weighted by Gasteiger charge is -2.28. The van der Waals surface area contributed by atoms with Crippen LogP contribution in [-0.2, 0) is 7.05 Å². The standard InChI is InChI=1S/C17H19FN4/c1-11-17(12(2)21(3)20-11)16-5-4-8-22(16)15-7-6-13(10-19)9-14(15)18/h6-7,9,16H,4-5,8H2,1-3H3. The van der Waals surface area contributed by atoms with Crippen LogP contribution in [0.1, 0.15) is 41.4 Å². The summed E-state index contributed by atoms with van der Waals surface area (Å²) < 4.78 is 16.3. The van der Waals surface area contributed by atoms with Crippen LogP contribution in [0.25, 0.3) is 0 Å². The van der Waals surface area contributed by atoms with Crippen molar-refractivity contribution in [2.75, 3.05) is 11.4 Å². The van der Waals surface area contributed by atoms with Gasteiger partial charge in [0, 0.05) is 24.8 Å². The Labute approximate surface area is 129 Å². The van der Waals surface area contributed by atoms with Gasteiger partial charge in [-0.15, -0.1) is 0 Å². The molecule has 0 N–H and O–H groups in total. The molecule has 2 heterocycles. The second kappa shape index (κ2) is 5.45. The van der Waals surface area contributed by atoms with Crippen LogP contribution < -0.4 is 4.90 Å². The van der Waals surface area contributed by atoms with E-state index in [1.807, 2.05) is 24.7 Å². The zero-order chi connectivity index (χ0) is 15.9. The van der Waals surface area contributed by atoms with Crippen molar-refractivity contribution in [2.45, 2.75) is 32.7 Å². The first-order chi connectivity index (χ1) is 10.5. The number of rotatable bonds is 2. The van der Waals surface area contributed by atoms with Gasteiger partial charge in [-0.25, -0.2) is 4.39 Å². The number of nitrogens with zero attached hydrogens (tertiary/aromatic N) is 4. The molecule has 0 saturated carbocycles. The van der Waals surface area contributed by atoms with Crippen molar-refractivity contribution in [3.8, 4) is 6.07 Å². The lowest BCUT2D eigenvalue weighted by molar-refractivity contribution is 0.609. The lowest BCUT2D eigenvalue weighted by atomic mass is 10.0. The molecule has 1 atom stereocenters. The van der Waals surface area contributed by atoms with Crippen molar-refractivity contribution in [2.24, 2.45) is 7.05 Å². The molecule has 0 spiro atoms. The summed E-state index contributed by atoms with van der Waals surface area (Å²) in [5.74, 6) is -0.329. The molecule has 5 heteroatoms. The van der Waals surface area contributed by atoms with E-state index < -0.39 is 0 Å². The van der Waals surface area contributed by atoms with Crippen molar-refractivity contribution >= 4 is 5.69 Å². The van der Waals surface area contributed by atoms with E-state index in [2.05, 4.69) is 16.9 Å². The van der Waals surface area contributed by atoms with E-state index in [-0.39, 0.29) is 11.9 Å². The topological polar surface area (TPSA) is 44.9 Å². The van der Waals surface area contributed by atoms with E-state index >= 15 is 0 Å². The average Bonchev–Trinajstić information content (AvgIpc) is 3.04. The molecule has 1 aromatic carbocycles. The molecular weight excluding hydrogens is 279 g/mol. The van der Waals surface area contributed by atoms with Gasteiger partial charge in [0.1, 0.15) is 5.82 Å². The molecule has 1 aromatic heterocycles. The van der Waals surface area contributed by atoms with Gasteiger partial charge in [-0.05, 0) is 44.9 Å². The van der Waals surface area contributed by atoms with Gasteiger partial charge in [-0.2, -0.15) is 10.4 Å². The Morgan fingerprint density at radius 3 is 2.73 bits per heavy atom. The van der Waals surface area contributed by atoms with Crippen molar-refractivity contribution in [3.63, 3.8) is 0 Å². The van der Waals surface area contributed by atoms with Crippen LogP contribution in [0.15, 0.2) is 18.2 Å². The van der Waals surface area contributed by atoms with Gasteiger partial charge in [0.05, 0.1) is 29.1 Å². The molecule has 114 valence electrons. The van der Waals surface area contributed by atoms with Gasteiger partial charge in [0.25, 0.3) is 0 Å². The third-order valence-corrected chi connectivity index (χ3v) is 4.54. The van der Waals surface area contributed by atoms with Gasteiger partial charge in [-0.3, -0.25) is 4.68 Å². The monoisotopic (exact) mass is 298 g/mol. The molecule has 4 nitrogen and oxygen atoms in total. The van der Waals surface area contributed by atoms with Crippen molar-refractivity contribution in [1.29, 1.82) is 5.26 Å². The molecule has 1 saturated heterocycles. The summed E-state index contributed by atoms with van der Waals surface area (Å²) in [6.07, 6.45) is 2.02. The second-order valence-electron chi connectivity index (χ2n) is 5.84. The Balaban J connectivity index is 2.02. The maximum Gasteiger partial charge on any atom is 0.147 e. The first kappa shape index (κ1) is 14.6. The molecule has 2 aromatic rings. The Morgan fingerprint density at radius 1 is 1.36 bits per heavy atom. The molecular formula is C17H19FN4. The van der Waals surface area contributed by atoms with Crippen LogP contribution >= 0.6 is 0 Å². The summed E-state index contributed by atoms with van der Waals surface area (Å²) in [7, 11) is 1.94. The van der Waals surface area contributed by atoms with E-state index in [0.29, 0.717) is 11.3 Å². The predicted molar refractivity (Wildman–Crippen MR) is 83.1 cm³/mol. The predicted octanol–water partition coefficient (Wildman–Crippen LogP) is 3.39. The summed E-state index contributed by atoms with van der Waals surface area (Å²) >= 11 is 0. The molecule has 1 aliphatic rings. The van der Waals surface area contributed by atoms with Gasteiger partial charge in [0.15, 0.2) is 0 Å². The molecule has 1 unspecified atom stereocenters. The molecule has 0 radical (unpaired) electrons. The Bertz CT molecular complexity index is 757. The molecule has 0 aliphatic carbocycles. The number of nitriles is 1. The Kier molecular flexibility index (Phi) is 3.61. The van der Waals surface area contributed by atoms with E-state index in [4.69, 9.17) is 5.26 Å². The van der Waals surface area contributed by atoms with Gasteiger partial charge in [0.2, 0.25) is 0 Å². The van der Waals surface area contributed by atoms with Crippen LogP contribution in [0.5, 0.6) is 0 Å². The second-order valence-corrected chi connectivity index (χ2v) is 5.84. The van der Waals surface area contributed by atoms with Gasteiger partial charge in [-0.1, -0.05) is 0 Å². The summed E-state index contributed by atoms with van der Waals surface area (Å²) in [5.41, 5.74) is 4.26. The normalized spacial score (nSPS) is 17.8. The largest absolute Gasteiger partial charge is 0.362 e. The Morgan fingerprint density at radius 2 is 2.14 bits per heavy atom. The van der Waals surface area contributed by atoms with Gasteiger partial charge < -0.3 is 4.90 Å². The lowest BCUT2D eigenvalue weighted by Crippen LogP contribution is -2.24. The fraction of sp³-hybridized carbons (Fsp3) is 0.412. The summed E-state index contributed by atoms with van der Waals surface area (Å²) in [5, 5.41) is 13.4. The van der Waals surface area contributed by atoms with Crippen LogP contribution in [0, 0.1) is 31.0 Å². The number of hydrogen-bond donors (Lipinski definition) is 0. The SMILES string of the molecule is Cc1nn(C)c(C)c1C1CCCN1c1ccc(C#N)cc1F. The smallest absolute Gasteiger partial charge is 0.147 e. The molecule has 0 bridgehead atoms. The maximum atomic E-state index is 14.4. The summed E-state index contributed by atoms with van der Waals surface area (Å²) in [4.78, 5) is 2.10. The first-order valence-corrected chi connectivity index (χ1v) is 7.49. The highest BCUT2D eigenvalue weighted by Crippen LogP contribution is 2.39. The highest BCUT2D eigenvalue weighted by molar-refractivity contribution is 5.54. The molecule has 22 heavy (non-hydrogen) atoms. The highest BCUT2D eigenvalue weighted by Gasteiger charge is 2.31. The van der Waals surface area contributed by atoms with Crippen LogP contribution in [0.3, 0.4) is 0 Å². The van der Waals surface area contributed by atoms with Crippen molar-refractivity contribution in [1.82, 2.24) is 9.78 Å². The third kappa shape index (κ3) is 2.25. The van der Waals surface area contributed by atoms with Crippen molar-refractivity contribution in [3.05, 3.63) is 46.5 Å². The maximum absolute atomic E-state index is 14.4. The van der Waals surface area contributed by atoms with Crippen molar-refractivity contribution < 1.29 is 4.39 Å². The van der Waals surface area contributed by atoms with E-state index in [0.717, 1.165) is 30.8 Å². The van der Waals surface area contributed by atoms with Crippen LogP contribution in [0.2, 0.25) is 0 Å². The number of hydrogen-bond acceptors (Lipinski definition) is 3. The average molecular weight is 298 g/mol. The number of aryl methyl sites for hydroxylation is 2. The number of halogens is 1. The first-order valence-electron chi connectivity index (χ1n) is 7.49. The molecule has 0 amide bonds. The minimum absolute atomic E-state index is 0.149. The van der Waals surface area contributed by atoms with E-state index in [1.54, 1.807) is 12.1 Å². The molecule has 1 fully saturated rings.